The molecule has 0 amide bonds. The summed E-state index contributed by atoms with van der Waals surface area (Å²) >= 11 is 6.91. The van der Waals surface area contributed by atoms with Crippen molar-refractivity contribution in [3.05, 3.63) is 45.1 Å². The summed E-state index contributed by atoms with van der Waals surface area (Å²) in [6.07, 6.45) is 3.59. The molecule has 0 saturated heterocycles. The zero-order valence-electron chi connectivity index (χ0n) is 7.80. The van der Waals surface area contributed by atoms with Crippen molar-refractivity contribution in [2.45, 2.75) is 6.54 Å². The van der Waals surface area contributed by atoms with E-state index in [-0.39, 0.29) is 0 Å². The molecule has 0 fully saturated rings. The normalized spacial score (nSPS) is 10.3. The minimum Gasteiger partial charge on any atom is -0.378 e. The van der Waals surface area contributed by atoms with Crippen LogP contribution in [-0.4, -0.2) is 10.2 Å². The molecule has 0 unspecified atom stereocenters. The van der Waals surface area contributed by atoms with E-state index in [1.807, 2.05) is 12.3 Å². The number of anilines is 1. The van der Waals surface area contributed by atoms with Crippen molar-refractivity contribution >= 4 is 37.5 Å². The first-order chi connectivity index (χ1) is 7.25. The van der Waals surface area contributed by atoms with Crippen molar-refractivity contribution in [1.29, 1.82) is 0 Å². The molecular formula is C10H9Br2N3. The number of halogens is 2. The van der Waals surface area contributed by atoms with Crippen LogP contribution in [0.25, 0.3) is 0 Å². The van der Waals surface area contributed by atoms with E-state index < -0.39 is 0 Å². The third-order valence-electron chi connectivity index (χ3n) is 1.98. The van der Waals surface area contributed by atoms with Gasteiger partial charge in [0.2, 0.25) is 0 Å². The number of rotatable bonds is 3. The molecule has 1 aromatic carbocycles. The second kappa shape index (κ2) is 4.81. The smallest absolute Gasteiger partial charge is 0.0726 e. The highest BCUT2D eigenvalue weighted by Crippen LogP contribution is 2.24. The summed E-state index contributed by atoms with van der Waals surface area (Å²) in [5, 5.41) is 9.88. The molecule has 0 aliphatic heterocycles. The van der Waals surface area contributed by atoms with Gasteiger partial charge in [0, 0.05) is 21.7 Å². The molecule has 5 heteroatoms. The highest BCUT2D eigenvalue weighted by atomic mass is 79.9. The predicted octanol–water partition coefficient (Wildman–Crippen LogP) is 3.55. The summed E-state index contributed by atoms with van der Waals surface area (Å²) in [5.74, 6) is 0. The van der Waals surface area contributed by atoms with Gasteiger partial charge in [-0.05, 0) is 49.6 Å². The first-order valence-electron chi connectivity index (χ1n) is 4.42. The second-order valence-electron chi connectivity index (χ2n) is 3.09. The number of aromatic amines is 1. The van der Waals surface area contributed by atoms with E-state index in [2.05, 4.69) is 59.5 Å². The van der Waals surface area contributed by atoms with Gasteiger partial charge in [0.1, 0.15) is 0 Å². The molecule has 15 heavy (non-hydrogen) atoms. The minimum absolute atomic E-state index is 0.783. The van der Waals surface area contributed by atoms with Gasteiger partial charge >= 0.3 is 0 Å². The SMILES string of the molecule is Brc1ccc(CNc2cn[nH]c2)cc1Br. The number of benzene rings is 1. The maximum atomic E-state index is 3.86. The van der Waals surface area contributed by atoms with Crippen molar-refractivity contribution in [3.63, 3.8) is 0 Å². The maximum Gasteiger partial charge on any atom is 0.0726 e. The quantitative estimate of drug-likeness (QED) is 0.903. The average molecular weight is 331 g/mol. The lowest BCUT2D eigenvalue weighted by Gasteiger charge is -2.04. The molecule has 0 aliphatic rings. The monoisotopic (exact) mass is 329 g/mol. The Labute approximate surface area is 105 Å². The predicted molar refractivity (Wildman–Crippen MR) is 67.8 cm³/mol. The molecule has 2 aromatic rings. The Bertz CT molecular complexity index is 440. The van der Waals surface area contributed by atoms with E-state index in [0.717, 1.165) is 21.2 Å². The summed E-state index contributed by atoms with van der Waals surface area (Å²) in [6.45, 7) is 0.783. The highest BCUT2D eigenvalue weighted by Gasteiger charge is 1.99. The van der Waals surface area contributed by atoms with Crippen molar-refractivity contribution < 1.29 is 0 Å². The van der Waals surface area contributed by atoms with Gasteiger partial charge in [0.25, 0.3) is 0 Å². The molecular weight excluding hydrogens is 322 g/mol. The molecule has 2 rings (SSSR count). The van der Waals surface area contributed by atoms with Crippen LogP contribution in [0.3, 0.4) is 0 Å². The van der Waals surface area contributed by atoms with Gasteiger partial charge in [-0.3, -0.25) is 5.10 Å². The number of H-pyrrole nitrogens is 1. The van der Waals surface area contributed by atoms with E-state index in [1.54, 1.807) is 6.20 Å². The number of hydrogen-bond acceptors (Lipinski definition) is 2. The number of hydrogen-bond donors (Lipinski definition) is 2. The van der Waals surface area contributed by atoms with Gasteiger partial charge in [-0.2, -0.15) is 5.10 Å². The molecule has 0 saturated carbocycles. The molecule has 78 valence electrons. The fourth-order valence-electron chi connectivity index (χ4n) is 1.20. The lowest BCUT2D eigenvalue weighted by molar-refractivity contribution is 1.09. The largest absolute Gasteiger partial charge is 0.378 e. The Morgan fingerprint density at radius 3 is 2.80 bits per heavy atom. The average Bonchev–Trinajstić information content (AvgIpc) is 2.73. The number of nitrogens with zero attached hydrogens (tertiary/aromatic N) is 1. The van der Waals surface area contributed by atoms with Crippen LogP contribution in [0.1, 0.15) is 5.56 Å². The van der Waals surface area contributed by atoms with Crippen molar-refractivity contribution in [1.82, 2.24) is 10.2 Å². The van der Waals surface area contributed by atoms with Gasteiger partial charge in [-0.15, -0.1) is 0 Å². The number of nitrogens with one attached hydrogen (secondary N) is 2. The minimum atomic E-state index is 0.783. The molecule has 2 N–H and O–H groups in total. The fraction of sp³-hybridized carbons (Fsp3) is 0.100. The van der Waals surface area contributed by atoms with E-state index >= 15 is 0 Å². The summed E-state index contributed by atoms with van der Waals surface area (Å²) in [4.78, 5) is 0. The zero-order chi connectivity index (χ0) is 10.7. The molecule has 1 heterocycles. The van der Waals surface area contributed by atoms with Crippen LogP contribution >= 0.6 is 31.9 Å². The van der Waals surface area contributed by atoms with Crippen LogP contribution < -0.4 is 5.32 Å². The number of aromatic nitrogens is 2. The van der Waals surface area contributed by atoms with Gasteiger partial charge < -0.3 is 5.32 Å². The van der Waals surface area contributed by atoms with Crippen LogP contribution in [0.5, 0.6) is 0 Å². The van der Waals surface area contributed by atoms with Crippen LogP contribution in [0.4, 0.5) is 5.69 Å². The summed E-state index contributed by atoms with van der Waals surface area (Å²) < 4.78 is 2.13. The molecule has 0 spiro atoms. The van der Waals surface area contributed by atoms with Gasteiger partial charge in [-0.1, -0.05) is 6.07 Å². The molecule has 0 atom stereocenters. The highest BCUT2D eigenvalue weighted by molar-refractivity contribution is 9.13. The van der Waals surface area contributed by atoms with Gasteiger partial charge in [0.15, 0.2) is 0 Å². The second-order valence-corrected chi connectivity index (χ2v) is 4.80. The Morgan fingerprint density at radius 1 is 1.27 bits per heavy atom. The Kier molecular flexibility index (Phi) is 3.43. The first-order valence-corrected chi connectivity index (χ1v) is 6.01. The third-order valence-corrected chi connectivity index (χ3v) is 3.86. The first kappa shape index (κ1) is 10.7. The molecule has 3 nitrogen and oxygen atoms in total. The summed E-state index contributed by atoms with van der Waals surface area (Å²) in [5.41, 5.74) is 2.21. The topological polar surface area (TPSA) is 40.7 Å². The maximum absolute atomic E-state index is 3.86. The Hall–Kier alpha value is -0.810. The van der Waals surface area contributed by atoms with Crippen LogP contribution in [0.2, 0.25) is 0 Å². The van der Waals surface area contributed by atoms with Gasteiger partial charge in [-0.25, -0.2) is 0 Å². The summed E-state index contributed by atoms with van der Waals surface area (Å²) in [7, 11) is 0. The fourth-order valence-corrected chi connectivity index (χ4v) is 1.87. The van der Waals surface area contributed by atoms with E-state index in [0.29, 0.717) is 0 Å². The van der Waals surface area contributed by atoms with E-state index in [4.69, 9.17) is 0 Å². The van der Waals surface area contributed by atoms with Crippen LogP contribution in [0.15, 0.2) is 39.5 Å². The molecule has 1 aromatic heterocycles. The third kappa shape index (κ3) is 2.82. The lowest BCUT2D eigenvalue weighted by atomic mass is 10.2. The molecule has 0 radical (unpaired) electrons. The van der Waals surface area contributed by atoms with E-state index in [9.17, 15) is 0 Å². The van der Waals surface area contributed by atoms with Crippen LogP contribution in [0, 0.1) is 0 Å². The van der Waals surface area contributed by atoms with E-state index in [1.165, 1.54) is 5.56 Å². The van der Waals surface area contributed by atoms with Crippen molar-refractivity contribution in [2.75, 3.05) is 5.32 Å². The Morgan fingerprint density at radius 2 is 2.13 bits per heavy atom. The lowest BCUT2D eigenvalue weighted by Crippen LogP contribution is -1.98. The Balaban J connectivity index is 2.02. The standard InChI is InChI=1S/C10H9Br2N3/c11-9-2-1-7(3-10(9)12)4-13-8-5-14-15-6-8/h1-3,5-6,13H,4H2,(H,14,15). The summed E-state index contributed by atoms with van der Waals surface area (Å²) in [6, 6.07) is 6.18. The van der Waals surface area contributed by atoms with Gasteiger partial charge in [0.05, 0.1) is 11.9 Å². The van der Waals surface area contributed by atoms with Crippen molar-refractivity contribution in [2.24, 2.45) is 0 Å². The molecule has 0 aliphatic carbocycles. The molecule has 0 bridgehead atoms. The van der Waals surface area contributed by atoms with Crippen LogP contribution in [-0.2, 0) is 6.54 Å². The van der Waals surface area contributed by atoms with Crippen molar-refractivity contribution in [3.8, 4) is 0 Å². The zero-order valence-corrected chi connectivity index (χ0v) is 11.0.